The lowest BCUT2D eigenvalue weighted by Gasteiger charge is -2.06. The zero-order chi connectivity index (χ0) is 13.9. The van der Waals surface area contributed by atoms with E-state index in [4.69, 9.17) is 0 Å². The number of H-pyrrole nitrogens is 1. The van der Waals surface area contributed by atoms with Crippen molar-refractivity contribution in [3.8, 4) is 0 Å². The van der Waals surface area contributed by atoms with Gasteiger partial charge in [-0.05, 0) is 41.3 Å². The summed E-state index contributed by atoms with van der Waals surface area (Å²) in [5.41, 5.74) is 2.24. The lowest BCUT2D eigenvalue weighted by molar-refractivity contribution is 0.0951. The van der Waals surface area contributed by atoms with Gasteiger partial charge >= 0.3 is 0 Å². The Balaban J connectivity index is 1.72. The van der Waals surface area contributed by atoms with Crippen LogP contribution >= 0.6 is 0 Å². The third kappa shape index (κ3) is 2.54. The SMILES string of the molecule is O=C(NCc1cccc(F)c1)c1ccc2cc[nH]c2c1. The van der Waals surface area contributed by atoms with Gasteiger partial charge in [0.15, 0.2) is 0 Å². The highest BCUT2D eigenvalue weighted by molar-refractivity contribution is 5.97. The first-order valence-corrected chi connectivity index (χ1v) is 6.32. The molecular weight excluding hydrogens is 255 g/mol. The molecule has 3 nitrogen and oxygen atoms in total. The van der Waals surface area contributed by atoms with Crippen molar-refractivity contribution < 1.29 is 9.18 Å². The highest BCUT2D eigenvalue weighted by Gasteiger charge is 2.06. The second-order valence-electron chi connectivity index (χ2n) is 4.59. The number of aromatic nitrogens is 1. The first-order valence-electron chi connectivity index (χ1n) is 6.32. The fraction of sp³-hybridized carbons (Fsp3) is 0.0625. The molecule has 0 saturated heterocycles. The van der Waals surface area contributed by atoms with Crippen LogP contribution in [0.1, 0.15) is 15.9 Å². The van der Waals surface area contributed by atoms with E-state index in [1.165, 1.54) is 12.1 Å². The van der Waals surface area contributed by atoms with Gasteiger partial charge in [0.2, 0.25) is 0 Å². The van der Waals surface area contributed by atoms with Gasteiger partial charge in [-0.3, -0.25) is 4.79 Å². The summed E-state index contributed by atoms with van der Waals surface area (Å²) in [6.07, 6.45) is 1.83. The van der Waals surface area contributed by atoms with Crippen LogP contribution in [0.4, 0.5) is 4.39 Å². The molecule has 2 N–H and O–H groups in total. The quantitative estimate of drug-likeness (QED) is 0.752. The van der Waals surface area contributed by atoms with Gasteiger partial charge in [-0.15, -0.1) is 0 Å². The summed E-state index contributed by atoms with van der Waals surface area (Å²) in [6, 6.07) is 13.6. The average Bonchev–Trinajstić information content (AvgIpc) is 2.92. The number of nitrogens with one attached hydrogen (secondary N) is 2. The van der Waals surface area contributed by atoms with Crippen LogP contribution in [0.3, 0.4) is 0 Å². The van der Waals surface area contributed by atoms with E-state index in [0.29, 0.717) is 12.1 Å². The van der Waals surface area contributed by atoms with E-state index >= 15 is 0 Å². The molecule has 3 rings (SSSR count). The summed E-state index contributed by atoms with van der Waals surface area (Å²) in [5, 5.41) is 3.84. The summed E-state index contributed by atoms with van der Waals surface area (Å²) >= 11 is 0. The number of aromatic amines is 1. The molecule has 20 heavy (non-hydrogen) atoms. The minimum atomic E-state index is -0.301. The molecule has 0 aliphatic heterocycles. The molecule has 100 valence electrons. The van der Waals surface area contributed by atoms with Crippen LogP contribution in [0.15, 0.2) is 54.7 Å². The van der Waals surface area contributed by atoms with Gasteiger partial charge in [-0.2, -0.15) is 0 Å². The van der Waals surface area contributed by atoms with Gasteiger partial charge in [0.25, 0.3) is 5.91 Å². The zero-order valence-electron chi connectivity index (χ0n) is 10.7. The van der Waals surface area contributed by atoms with Crippen molar-refractivity contribution >= 4 is 16.8 Å². The largest absolute Gasteiger partial charge is 0.361 e. The molecule has 0 fully saturated rings. The highest BCUT2D eigenvalue weighted by atomic mass is 19.1. The lowest BCUT2D eigenvalue weighted by Crippen LogP contribution is -2.22. The van der Waals surface area contributed by atoms with E-state index in [9.17, 15) is 9.18 Å². The van der Waals surface area contributed by atoms with Gasteiger partial charge in [0, 0.05) is 23.8 Å². The molecule has 0 atom stereocenters. The topological polar surface area (TPSA) is 44.9 Å². The second kappa shape index (κ2) is 5.17. The Morgan fingerprint density at radius 3 is 2.90 bits per heavy atom. The van der Waals surface area contributed by atoms with Gasteiger partial charge < -0.3 is 10.3 Å². The molecule has 0 aliphatic rings. The zero-order valence-corrected chi connectivity index (χ0v) is 10.7. The molecule has 0 unspecified atom stereocenters. The first kappa shape index (κ1) is 12.4. The summed E-state index contributed by atoms with van der Waals surface area (Å²) < 4.78 is 13.0. The second-order valence-corrected chi connectivity index (χ2v) is 4.59. The molecule has 3 aromatic rings. The maximum atomic E-state index is 13.0. The Morgan fingerprint density at radius 1 is 1.15 bits per heavy atom. The number of hydrogen-bond donors (Lipinski definition) is 2. The fourth-order valence-corrected chi connectivity index (χ4v) is 2.12. The predicted molar refractivity (Wildman–Crippen MR) is 75.9 cm³/mol. The highest BCUT2D eigenvalue weighted by Crippen LogP contribution is 2.14. The van der Waals surface area contributed by atoms with Crippen LogP contribution < -0.4 is 5.32 Å². The monoisotopic (exact) mass is 268 g/mol. The van der Waals surface area contributed by atoms with Gasteiger partial charge in [-0.25, -0.2) is 4.39 Å². The summed E-state index contributed by atoms with van der Waals surface area (Å²) in [4.78, 5) is 15.1. The average molecular weight is 268 g/mol. The number of amides is 1. The number of halogens is 1. The Hall–Kier alpha value is -2.62. The smallest absolute Gasteiger partial charge is 0.251 e. The van der Waals surface area contributed by atoms with E-state index in [0.717, 1.165) is 16.5 Å². The lowest BCUT2D eigenvalue weighted by atomic mass is 10.1. The van der Waals surface area contributed by atoms with Crippen molar-refractivity contribution in [2.45, 2.75) is 6.54 Å². The summed E-state index contributed by atoms with van der Waals surface area (Å²) in [5.74, 6) is -0.477. The van der Waals surface area contributed by atoms with Crippen LogP contribution in [0.25, 0.3) is 10.9 Å². The van der Waals surface area contributed by atoms with Gasteiger partial charge in [-0.1, -0.05) is 18.2 Å². The third-order valence-corrected chi connectivity index (χ3v) is 3.16. The maximum absolute atomic E-state index is 13.0. The van der Waals surface area contributed by atoms with Crippen LogP contribution in [0, 0.1) is 5.82 Å². The molecule has 0 spiro atoms. The number of fused-ring (bicyclic) bond motifs is 1. The van der Waals surface area contributed by atoms with E-state index in [-0.39, 0.29) is 11.7 Å². The summed E-state index contributed by atoms with van der Waals surface area (Å²) in [6.45, 7) is 0.305. The Bertz CT molecular complexity index is 764. The number of carbonyl (C=O) groups is 1. The molecule has 0 saturated carbocycles. The van der Waals surface area contributed by atoms with Crippen molar-refractivity contribution in [3.63, 3.8) is 0 Å². The maximum Gasteiger partial charge on any atom is 0.251 e. The van der Waals surface area contributed by atoms with Crippen molar-refractivity contribution in [3.05, 3.63) is 71.7 Å². The third-order valence-electron chi connectivity index (χ3n) is 3.16. The van der Waals surface area contributed by atoms with Crippen LogP contribution in [-0.2, 0) is 6.54 Å². The van der Waals surface area contributed by atoms with E-state index in [1.54, 1.807) is 24.3 Å². The van der Waals surface area contributed by atoms with E-state index in [2.05, 4.69) is 10.3 Å². The molecule has 1 amide bonds. The molecule has 0 radical (unpaired) electrons. The van der Waals surface area contributed by atoms with Crippen LogP contribution in [0.2, 0.25) is 0 Å². The standard InChI is InChI=1S/C16H13FN2O/c17-14-3-1-2-11(8-14)10-19-16(20)13-5-4-12-6-7-18-15(12)9-13/h1-9,18H,10H2,(H,19,20). The molecular formula is C16H13FN2O. The Labute approximate surface area is 115 Å². The van der Waals surface area contributed by atoms with Crippen LogP contribution in [-0.4, -0.2) is 10.9 Å². The number of benzene rings is 2. The fourth-order valence-electron chi connectivity index (χ4n) is 2.12. The van der Waals surface area contributed by atoms with Crippen LogP contribution in [0.5, 0.6) is 0 Å². The number of carbonyl (C=O) groups excluding carboxylic acids is 1. The minimum Gasteiger partial charge on any atom is -0.361 e. The molecule has 1 heterocycles. The molecule has 1 aromatic heterocycles. The number of rotatable bonds is 3. The first-order chi connectivity index (χ1) is 9.72. The van der Waals surface area contributed by atoms with Crippen molar-refractivity contribution in [1.82, 2.24) is 10.3 Å². The van der Waals surface area contributed by atoms with Gasteiger partial charge in [0.05, 0.1) is 0 Å². The van der Waals surface area contributed by atoms with Crippen molar-refractivity contribution in [2.24, 2.45) is 0 Å². The van der Waals surface area contributed by atoms with Crippen molar-refractivity contribution in [1.29, 1.82) is 0 Å². The van der Waals surface area contributed by atoms with E-state index < -0.39 is 0 Å². The Kier molecular flexibility index (Phi) is 3.21. The van der Waals surface area contributed by atoms with Crippen molar-refractivity contribution in [2.75, 3.05) is 0 Å². The molecule has 4 heteroatoms. The van der Waals surface area contributed by atoms with Gasteiger partial charge in [0.1, 0.15) is 5.82 Å². The number of hydrogen-bond acceptors (Lipinski definition) is 1. The minimum absolute atomic E-state index is 0.175. The molecule has 0 aliphatic carbocycles. The molecule has 0 bridgehead atoms. The van der Waals surface area contributed by atoms with E-state index in [1.807, 2.05) is 18.3 Å². The summed E-state index contributed by atoms with van der Waals surface area (Å²) in [7, 11) is 0. The predicted octanol–water partition coefficient (Wildman–Crippen LogP) is 3.24. The normalized spacial score (nSPS) is 10.7. The Morgan fingerprint density at radius 2 is 2.05 bits per heavy atom. The molecule has 2 aromatic carbocycles.